The molecule has 2 nitrogen and oxygen atoms in total. The number of ether oxygens (including phenoxy) is 1. The highest BCUT2D eigenvalue weighted by atomic mass is 79.9. The molecule has 18 heavy (non-hydrogen) atoms. The predicted molar refractivity (Wildman–Crippen MR) is 79.2 cm³/mol. The summed E-state index contributed by atoms with van der Waals surface area (Å²) in [5.41, 5.74) is 3.56. The van der Waals surface area contributed by atoms with E-state index in [-0.39, 0.29) is 0 Å². The van der Waals surface area contributed by atoms with Crippen molar-refractivity contribution < 1.29 is 4.74 Å². The van der Waals surface area contributed by atoms with Crippen LogP contribution in [0.1, 0.15) is 11.1 Å². The van der Waals surface area contributed by atoms with Crippen molar-refractivity contribution in [2.45, 2.75) is 13.5 Å². The molecule has 0 spiro atoms. The number of anilines is 1. The van der Waals surface area contributed by atoms with Gasteiger partial charge in [-0.2, -0.15) is 0 Å². The van der Waals surface area contributed by atoms with E-state index in [1.165, 1.54) is 11.1 Å². The van der Waals surface area contributed by atoms with Gasteiger partial charge in [0.2, 0.25) is 0 Å². The number of hydrogen-bond acceptors (Lipinski definition) is 2. The maximum atomic E-state index is 5.23. The average Bonchev–Trinajstić information content (AvgIpc) is 2.40. The number of hydrogen-bond donors (Lipinski definition) is 1. The zero-order valence-electron chi connectivity index (χ0n) is 10.5. The molecule has 1 N–H and O–H groups in total. The van der Waals surface area contributed by atoms with E-state index in [0.717, 1.165) is 22.5 Å². The topological polar surface area (TPSA) is 21.3 Å². The first-order chi connectivity index (χ1) is 8.69. The van der Waals surface area contributed by atoms with Gasteiger partial charge in [0, 0.05) is 16.7 Å². The first-order valence-corrected chi connectivity index (χ1v) is 6.61. The fourth-order valence-corrected chi connectivity index (χ4v) is 2.07. The van der Waals surface area contributed by atoms with Gasteiger partial charge >= 0.3 is 0 Å². The number of halogens is 1. The zero-order chi connectivity index (χ0) is 13.0. The summed E-state index contributed by atoms with van der Waals surface area (Å²) in [6.45, 7) is 2.85. The van der Waals surface area contributed by atoms with Crippen molar-refractivity contribution in [3.05, 3.63) is 58.1 Å². The van der Waals surface area contributed by atoms with Gasteiger partial charge in [-0.05, 0) is 42.8 Å². The molecule has 0 aliphatic carbocycles. The fraction of sp³-hybridized carbons (Fsp3) is 0.200. The summed E-state index contributed by atoms with van der Waals surface area (Å²) >= 11 is 3.55. The highest BCUT2D eigenvalue weighted by molar-refractivity contribution is 9.10. The Morgan fingerprint density at radius 2 is 1.83 bits per heavy atom. The molecule has 0 heterocycles. The fourth-order valence-electron chi connectivity index (χ4n) is 1.68. The summed E-state index contributed by atoms with van der Waals surface area (Å²) < 4.78 is 6.32. The minimum absolute atomic E-state index is 0.765. The van der Waals surface area contributed by atoms with Crippen LogP contribution in [0, 0.1) is 6.92 Å². The predicted octanol–water partition coefficient (Wildman–Crippen LogP) is 4.38. The van der Waals surface area contributed by atoms with E-state index in [9.17, 15) is 0 Å². The number of benzene rings is 2. The maximum Gasteiger partial charge on any atom is 0.119 e. The average molecular weight is 306 g/mol. The van der Waals surface area contributed by atoms with Gasteiger partial charge in [0.05, 0.1) is 7.11 Å². The van der Waals surface area contributed by atoms with Gasteiger partial charge in [-0.1, -0.05) is 33.6 Å². The molecule has 0 aromatic heterocycles. The van der Waals surface area contributed by atoms with Crippen LogP contribution in [-0.4, -0.2) is 7.11 Å². The van der Waals surface area contributed by atoms with E-state index in [1.807, 2.05) is 18.2 Å². The molecule has 0 saturated carbocycles. The van der Waals surface area contributed by atoms with E-state index >= 15 is 0 Å². The largest absolute Gasteiger partial charge is 0.497 e. The molecule has 2 aromatic rings. The Morgan fingerprint density at radius 1 is 1.11 bits per heavy atom. The lowest BCUT2D eigenvalue weighted by molar-refractivity contribution is 0.414. The van der Waals surface area contributed by atoms with E-state index in [4.69, 9.17) is 4.74 Å². The van der Waals surface area contributed by atoms with E-state index in [0.29, 0.717) is 0 Å². The van der Waals surface area contributed by atoms with Gasteiger partial charge in [-0.15, -0.1) is 0 Å². The molecule has 2 rings (SSSR count). The first-order valence-electron chi connectivity index (χ1n) is 5.82. The van der Waals surface area contributed by atoms with Gasteiger partial charge in [0.15, 0.2) is 0 Å². The SMILES string of the molecule is COc1ccc(Br)c(CNc2ccc(C)cc2)c1. The molecule has 0 radical (unpaired) electrons. The Bertz CT molecular complexity index is 523. The summed E-state index contributed by atoms with van der Waals surface area (Å²) in [4.78, 5) is 0. The van der Waals surface area contributed by atoms with Crippen LogP contribution in [-0.2, 0) is 6.54 Å². The third-order valence-corrected chi connectivity index (χ3v) is 3.56. The molecular formula is C15H16BrNO. The maximum absolute atomic E-state index is 5.23. The second-order valence-electron chi connectivity index (χ2n) is 4.18. The summed E-state index contributed by atoms with van der Waals surface area (Å²) in [6, 6.07) is 14.4. The van der Waals surface area contributed by atoms with Gasteiger partial charge < -0.3 is 10.1 Å². The van der Waals surface area contributed by atoms with Crippen LogP contribution < -0.4 is 10.1 Å². The third kappa shape index (κ3) is 3.26. The molecule has 0 amide bonds. The smallest absolute Gasteiger partial charge is 0.119 e. The lowest BCUT2D eigenvalue weighted by atomic mass is 10.2. The molecule has 0 aliphatic heterocycles. The van der Waals surface area contributed by atoms with Crippen molar-refractivity contribution >= 4 is 21.6 Å². The second-order valence-corrected chi connectivity index (χ2v) is 5.03. The van der Waals surface area contributed by atoms with Crippen molar-refractivity contribution in [1.82, 2.24) is 0 Å². The zero-order valence-corrected chi connectivity index (χ0v) is 12.1. The lowest BCUT2D eigenvalue weighted by Crippen LogP contribution is -2.00. The number of rotatable bonds is 4. The summed E-state index contributed by atoms with van der Waals surface area (Å²) in [6.07, 6.45) is 0. The molecule has 94 valence electrons. The van der Waals surface area contributed by atoms with Crippen molar-refractivity contribution in [3.8, 4) is 5.75 Å². The van der Waals surface area contributed by atoms with E-state index in [1.54, 1.807) is 7.11 Å². The number of aryl methyl sites for hydroxylation is 1. The Balaban J connectivity index is 2.07. The summed E-state index contributed by atoms with van der Waals surface area (Å²) in [5, 5.41) is 3.39. The monoisotopic (exact) mass is 305 g/mol. The lowest BCUT2D eigenvalue weighted by Gasteiger charge is -2.10. The Kier molecular flexibility index (Phi) is 4.26. The number of nitrogens with one attached hydrogen (secondary N) is 1. The van der Waals surface area contributed by atoms with Gasteiger partial charge in [-0.25, -0.2) is 0 Å². The van der Waals surface area contributed by atoms with Crippen molar-refractivity contribution in [2.75, 3.05) is 12.4 Å². The molecule has 3 heteroatoms. The molecule has 0 atom stereocenters. The Morgan fingerprint density at radius 3 is 2.50 bits per heavy atom. The molecule has 0 bridgehead atoms. The van der Waals surface area contributed by atoms with E-state index < -0.39 is 0 Å². The first kappa shape index (κ1) is 13.0. The van der Waals surface area contributed by atoms with Crippen LogP contribution >= 0.6 is 15.9 Å². The minimum atomic E-state index is 0.765. The molecule has 0 aliphatic rings. The van der Waals surface area contributed by atoms with Gasteiger partial charge in [0.1, 0.15) is 5.75 Å². The Labute approximate surface area is 116 Å². The van der Waals surface area contributed by atoms with Crippen LogP contribution in [0.4, 0.5) is 5.69 Å². The standard InChI is InChI=1S/C15H16BrNO/c1-11-3-5-13(6-4-11)17-10-12-9-14(18-2)7-8-15(12)16/h3-9,17H,10H2,1-2H3. The van der Waals surface area contributed by atoms with Crippen molar-refractivity contribution in [3.63, 3.8) is 0 Å². The third-order valence-electron chi connectivity index (χ3n) is 2.79. The van der Waals surface area contributed by atoms with Crippen LogP contribution in [0.2, 0.25) is 0 Å². The van der Waals surface area contributed by atoms with Crippen molar-refractivity contribution in [2.24, 2.45) is 0 Å². The molecule has 0 fully saturated rings. The molecular weight excluding hydrogens is 290 g/mol. The second kappa shape index (κ2) is 5.91. The quantitative estimate of drug-likeness (QED) is 0.905. The highest BCUT2D eigenvalue weighted by Crippen LogP contribution is 2.23. The van der Waals surface area contributed by atoms with Gasteiger partial charge in [0.25, 0.3) is 0 Å². The Hall–Kier alpha value is -1.48. The van der Waals surface area contributed by atoms with Crippen LogP contribution in [0.5, 0.6) is 5.75 Å². The highest BCUT2D eigenvalue weighted by Gasteiger charge is 2.02. The number of methoxy groups -OCH3 is 1. The van der Waals surface area contributed by atoms with Crippen LogP contribution in [0.25, 0.3) is 0 Å². The van der Waals surface area contributed by atoms with Crippen LogP contribution in [0.15, 0.2) is 46.9 Å². The molecule has 0 unspecified atom stereocenters. The van der Waals surface area contributed by atoms with Crippen molar-refractivity contribution in [1.29, 1.82) is 0 Å². The van der Waals surface area contributed by atoms with Gasteiger partial charge in [-0.3, -0.25) is 0 Å². The van der Waals surface area contributed by atoms with E-state index in [2.05, 4.69) is 52.4 Å². The summed E-state index contributed by atoms with van der Waals surface area (Å²) in [5.74, 6) is 0.874. The summed E-state index contributed by atoms with van der Waals surface area (Å²) in [7, 11) is 1.68. The minimum Gasteiger partial charge on any atom is -0.497 e. The normalized spacial score (nSPS) is 10.2. The van der Waals surface area contributed by atoms with Crippen LogP contribution in [0.3, 0.4) is 0 Å². The molecule has 0 saturated heterocycles. The molecule has 2 aromatic carbocycles.